The van der Waals surface area contributed by atoms with Crippen LogP contribution < -0.4 is 24.8 Å². The van der Waals surface area contributed by atoms with Crippen LogP contribution >= 0.6 is 12.2 Å². The molecule has 0 aliphatic carbocycles. The number of aryl methyl sites for hydroxylation is 2. The maximum atomic E-state index is 12.9. The van der Waals surface area contributed by atoms with Gasteiger partial charge in [-0.05, 0) is 79.5 Å². The van der Waals surface area contributed by atoms with Gasteiger partial charge in [0.2, 0.25) is 5.75 Å². The standard InChI is InChI=1S/C28H31N5O4S/c1-6-7-8-18-9-11-20(12-10-18)33-31-22-13-17(2)21(16-23(22)32-33)29-28(38)30-27(34)19-14-24(35-3)26(37-5)25(15-19)36-4/h9-16H,6-8H2,1-5H3,(H2,29,30,34,38). The first-order valence-corrected chi connectivity index (χ1v) is 12.7. The molecule has 38 heavy (non-hydrogen) atoms. The molecule has 1 amide bonds. The minimum absolute atomic E-state index is 0.140. The number of thiocarbonyl (C=S) groups is 1. The molecule has 0 bridgehead atoms. The maximum absolute atomic E-state index is 12.9. The largest absolute Gasteiger partial charge is 0.493 e. The SMILES string of the molecule is CCCCc1ccc(-n2nc3cc(C)c(NC(=S)NC(=O)c4cc(OC)c(OC)c(OC)c4)cc3n2)cc1. The Kier molecular flexibility index (Phi) is 8.42. The number of amides is 1. The molecule has 0 aliphatic rings. The van der Waals surface area contributed by atoms with Gasteiger partial charge in [0.05, 0.1) is 27.0 Å². The molecular weight excluding hydrogens is 502 g/mol. The summed E-state index contributed by atoms with van der Waals surface area (Å²) in [6, 6.07) is 15.2. The van der Waals surface area contributed by atoms with Gasteiger partial charge in [-0.3, -0.25) is 10.1 Å². The molecule has 1 aromatic heterocycles. The van der Waals surface area contributed by atoms with Crippen molar-refractivity contribution >= 4 is 40.0 Å². The van der Waals surface area contributed by atoms with Gasteiger partial charge in [-0.25, -0.2) is 0 Å². The number of carbonyl (C=O) groups is 1. The predicted octanol–water partition coefficient (Wildman–Crippen LogP) is 5.22. The van der Waals surface area contributed by atoms with Crippen molar-refractivity contribution in [2.75, 3.05) is 26.6 Å². The van der Waals surface area contributed by atoms with E-state index in [9.17, 15) is 4.79 Å². The van der Waals surface area contributed by atoms with Crippen LogP contribution in [0.25, 0.3) is 16.7 Å². The summed E-state index contributed by atoms with van der Waals surface area (Å²) < 4.78 is 16.0. The zero-order valence-electron chi connectivity index (χ0n) is 22.1. The second-order valence-electron chi connectivity index (χ2n) is 8.74. The molecule has 9 nitrogen and oxygen atoms in total. The van der Waals surface area contributed by atoms with Gasteiger partial charge in [-0.15, -0.1) is 10.2 Å². The average molecular weight is 534 g/mol. The van der Waals surface area contributed by atoms with Crippen LogP contribution in [0.15, 0.2) is 48.5 Å². The van der Waals surface area contributed by atoms with E-state index in [4.69, 9.17) is 26.4 Å². The third-order valence-corrected chi connectivity index (χ3v) is 6.32. The molecule has 1 heterocycles. The minimum Gasteiger partial charge on any atom is -0.493 e. The second kappa shape index (κ2) is 11.9. The highest BCUT2D eigenvalue weighted by Gasteiger charge is 2.18. The van der Waals surface area contributed by atoms with Crippen LogP contribution in [0.1, 0.15) is 41.3 Å². The summed E-state index contributed by atoms with van der Waals surface area (Å²) in [5, 5.41) is 15.2. The Morgan fingerprint density at radius 2 is 1.58 bits per heavy atom. The Hall–Kier alpha value is -4.18. The average Bonchev–Trinajstić information content (AvgIpc) is 3.33. The molecule has 0 saturated heterocycles. The van der Waals surface area contributed by atoms with E-state index in [1.807, 2.05) is 31.2 Å². The van der Waals surface area contributed by atoms with Crippen LogP contribution in [-0.2, 0) is 6.42 Å². The van der Waals surface area contributed by atoms with Crippen molar-refractivity contribution in [1.29, 1.82) is 0 Å². The Balaban J connectivity index is 1.49. The number of methoxy groups -OCH3 is 3. The quantitative estimate of drug-likeness (QED) is 0.283. The number of carbonyl (C=O) groups excluding carboxylic acids is 1. The summed E-state index contributed by atoms with van der Waals surface area (Å²) in [4.78, 5) is 14.5. The molecule has 198 valence electrons. The lowest BCUT2D eigenvalue weighted by Gasteiger charge is -2.15. The monoisotopic (exact) mass is 533 g/mol. The van der Waals surface area contributed by atoms with Gasteiger partial charge in [0.25, 0.3) is 5.91 Å². The Morgan fingerprint density at radius 1 is 0.947 bits per heavy atom. The van der Waals surface area contributed by atoms with Crippen molar-refractivity contribution in [2.45, 2.75) is 33.1 Å². The molecular formula is C28H31N5O4S. The van der Waals surface area contributed by atoms with Crippen molar-refractivity contribution in [2.24, 2.45) is 0 Å². The number of nitrogens with one attached hydrogen (secondary N) is 2. The van der Waals surface area contributed by atoms with Crippen molar-refractivity contribution in [3.8, 4) is 22.9 Å². The summed E-state index contributed by atoms with van der Waals surface area (Å²) in [5.74, 6) is 0.720. The molecule has 0 saturated carbocycles. The number of unbranched alkanes of at least 4 members (excludes halogenated alkanes) is 1. The number of ether oxygens (including phenoxy) is 3. The third kappa shape index (κ3) is 5.86. The van der Waals surface area contributed by atoms with E-state index in [0.29, 0.717) is 28.3 Å². The van der Waals surface area contributed by atoms with Gasteiger partial charge >= 0.3 is 0 Å². The molecule has 4 aromatic rings. The molecule has 0 unspecified atom stereocenters. The van der Waals surface area contributed by atoms with Crippen LogP contribution in [0.5, 0.6) is 17.2 Å². The molecule has 3 aromatic carbocycles. The Bertz CT molecular complexity index is 1440. The highest BCUT2D eigenvalue weighted by atomic mass is 32.1. The zero-order valence-corrected chi connectivity index (χ0v) is 22.9. The highest BCUT2D eigenvalue weighted by Crippen LogP contribution is 2.38. The number of rotatable bonds is 9. The second-order valence-corrected chi connectivity index (χ2v) is 9.15. The minimum atomic E-state index is -0.422. The first-order valence-electron chi connectivity index (χ1n) is 12.3. The van der Waals surface area contributed by atoms with Crippen molar-refractivity contribution in [3.05, 3.63) is 65.2 Å². The number of aromatic nitrogens is 3. The number of anilines is 1. The van der Waals surface area contributed by atoms with Gasteiger partial charge in [0.1, 0.15) is 11.0 Å². The summed E-state index contributed by atoms with van der Waals surface area (Å²) in [6.07, 6.45) is 3.40. The molecule has 0 aliphatic heterocycles. The Labute approximate surface area is 227 Å². The summed E-state index contributed by atoms with van der Waals surface area (Å²) >= 11 is 5.42. The van der Waals surface area contributed by atoms with E-state index >= 15 is 0 Å². The van der Waals surface area contributed by atoms with Crippen molar-refractivity contribution in [1.82, 2.24) is 20.3 Å². The molecule has 0 radical (unpaired) electrons. The number of hydrogen-bond acceptors (Lipinski definition) is 7. The smallest absolute Gasteiger partial charge is 0.257 e. The maximum Gasteiger partial charge on any atom is 0.257 e. The van der Waals surface area contributed by atoms with Crippen LogP contribution in [-0.4, -0.2) is 47.3 Å². The fraction of sp³-hybridized carbons (Fsp3) is 0.286. The van der Waals surface area contributed by atoms with Gasteiger partial charge in [0.15, 0.2) is 16.6 Å². The lowest BCUT2D eigenvalue weighted by Crippen LogP contribution is -2.34. The van der Waals surface area contributed by atoms with E-state index < -0.39 is 5.91 Å². The van der Waals surface area contributed by atoms with Gasteiger partial charge < -0.3 is 19.5 Å². The van der Waals surface area contributed by atoms with E-state index in [1.165, 1.54) is 39.7 Å². The summed E-state index contributed by atoms with van der Waals surface area (Å²) in [6.45, 7) is 4.13. The fourth-order valence-electron chi connectivity index (χ4n) is 4.04. The normalized spacial score (nSPS) is 10.8. The number of hydrogen-bond donors (Lipinski definition) is 2. The molecule has 0 atom stereocenters. The topological polar surface area (TPSA) is 99.5 Å². The summed E-state index contributed by atoms with van der Waals surface area (Å²) in [7, 11) is 4.48. The molecule has 10 heteroatoms. The van der Waals surface area contributed by atoms with Crippen LogP contribution in [0.4, 0.5) is 5.69 Å². The number of nitrogens with zero attached hydrogens (tertiary/aromatic N) is 3. The van der Waals surface area contributed by atoms with Gasteiger partial charge in [-0.1, -0.05) is 25.5 Å². The third-order valence-electron chi connectivity index (χ3n) is 6.11. The van der Waals surface area contributed by atoms with Gasteiger partial charge in [0, 0.05) is 11.3 Å². The lowest BCUT2D eigenvalue weighted by molar-refractivity contribution is 0.0977. The van der Waals surface area contributed by atoms with Crippen LogP contribution in [0.2, 0.25) is 0 Å². The van der Waals surface area contributed by atoms with Crippen molar-refractivity contribution < 1.29 is 19.0 Å². The zero-order chi connectivity index (χ0) is 27.2. The molecule has 2 N–H and O–H groups in total. The first-order chi connectivity index (χ1) is 18.4. The van der Waals surface area contributed by atoms with Crippen LogP contribution in [0, 0.1) is 6.92 Å². The van der Waals surface area contributed by atoms with E-state index in [2.05, 4.69) is 39.9 Å². The predicted molar refractivity (Wildman–Crippen MR) is 152 cm³/mol. The number of fused-ring (bicyclic) bond motifs is 1. The van der Waals surface area contributed by atoms with E-state index in [-0.39, 0.29) is 5.11 Å². The van der Waals surface area contributed by atoms with E-state index in [1.54, 1.807) is 16.9 Å². The van der Waals surface area contributed by atoms with Gasteiger partial charge in [-0.2, -0.15) is 4.80 Å². The highest BCUT2D eigenvalue weighted by molar-refractivity contribution is 7.80. The molecule has 4 rings (SSSR count). The molecule has 0 spiro atoms. The van der Waals surface area contributed by atoms with Crippen molar-refractivity contribution in [3.63, 3.8) is 0 Å². The lowest BCUT2D eigenvalue weighted by atomic mass is 10.1. The first kappa shape index (κ1) is 26.9. The van der Waals surface area contributed by atoms with E-state index in [0.717, 1.165) is 28.9 Å². The van der Waals surface area contributed by atoms with Crippen LogP contribution in [0.3, 0.4) is 0 Å². The fourth-order valence-corrected chi connectivity index (χ4v) is 4.24. The summed E-state index contributed by atoms with van der Waals surface area (Å²) in [5.41, 5.74) is 5.58. The Morgan fingerprint density at radius 3 is 2.16 bits per heavy atom. The molecule has 0 fully saturated rings. The number of benzene rings is 3.